The van der Waals surface area contributed by atoms with E-state index in [9.17, 15) is 33.6 Å². The first-order valence-corrected chi connectivity index (χ1v) is 28.7. The molecule has 8 amide bonds. The van der Waals surface area contributed by atoms with Gasteiger partial charge in [-0.15, -0.1) is 0 Å². The summed E-state index contributed by atoms with van der Waals surface area (Å²) in [4.78, 5) is 104. The van der Waals surface area contributed by atoms with Crippen molar-refractivity contribution in [2.75, 3.05) is 85.4 Å². The number of nitrogens with zero attached hydrogens (tertiary/aromatic N) is 9. The Kier molecular flexibility index (Phi) is 21.7. The number of rotatable bonds is 13. The predicted molar refractivity (Wildman–Crippen MR) is 338 cm³/mol. The third-order valence-electron chi connectivity index (χ3n) is 13.3. The Bertz CT molecular complexity index is 3640. The molecule has 0 unspecified atom stereocenters. The topological polar surface area (TPSA) is 195 Å². The standard InChI is InChI=1S/C20H20N2O4.C15H19N3O2.C15H12N2O2S.C14H16N2O2S/c1-4-22-19(23)18(26-20(22)21-15-8-6-5-7-9-15)12-14-10-11-16(24-2)13-17(14)25-3;1-5-18-14(19)13(17(4)15(18)20)10-11-6-8-12(9-7-11)16(2)3;1-2-17-14(18)13(20-15(17)19)8-10-7-11-5-3-4-6-12(11)16-9-10;1-4-16-13(17)12(19-14(16)18)9-10-5-7-11(8-6-10)15(2)3/h5-13H,4H2,1-3H3;6-10H,5H2,1-4H3;3-9H,2H2,1H3;5-9H,4H2,1-3H3/b18-12+,21-20?;13-10+;13-8+;12-9+. The molecule has 5 aromatic carbocycles. The van der Waals surface area contributed by atoms with Crippen LogP contribution in [0.2, 0.25) is 0 Å². The van der Waals surface area contributed by atoms with Crippen LogP contribution < -0.4 is 19.3 Å². The minimum atomic E-state index is -0.270. The molecule has 85 heavy (non-hydrogen) atoms. The van der Waals surface area contributed by atoms with Crippen molar-refractivity contribution in [2.45, 2.75) is 27.7 Å². The molecule has 0 aliphatic carbocycles. The Labute approximate surface area is 503 Å². The van der Waals surface area contributed by atoms with Crippen LogP contribution in [-0.4, -0.2) is 151 Å². The number of amides is 8. The summed E-state index contributed by atoms with van der Waals surface area (Å²) in [7, 11) is 12.7. The van der Waals surface area contributed by atoms with Crippen LogP contribution in [0.15, 0.2) is 160 Å². The number of benzene rings is 5. The molecule has 440 valence electrons. The largest absolute Gasteiger partial charge is 0.497 e. The number of imide groups is 3. The third-order valence-corrected chi connectivity index (χ3v) is 15.1. The summed E-state index contributed by atoms with van der Waals surface area (Å²) >= 11 is 1.98. The lowest BCUT2D eigenvalue weighted by Crippen LogP contribution is -2.31. The van der Waals surface area contributed by atoms with Gasteiger partial charge in [-0.25, -0.2) is 4.79 Å². The number of aromatic nitrogens is 1. The number of carbonyl (C=O) groups excluding carboxylic acids is 7. The van der Waals surface area contributed by atoms with Gasteiger partial charge in [-0.3, -0.25) is 58.3 Å². The normalized spacial score (nSPS) is 17.2. The first-order chi connectivity index (χ1) is 40.8. The minimum absolute atomic E-state index is 0.191. The lowest BCUT2D eigenvalue weighted by molar-refractivity contribution is -0.123. The highest BCUT2D eigenvalue weighted by Gasteiger charge is 2.38. The number of amidine groups is 1. The van der Waals surface area contributed by atoms with Gasteiger partial charge in [0.2, 0.25) is 0 Å². The lowest BCUT2D eigenvalue weighted by atomic mass is 10.1. The molecule has 0 atom stereocenters. The number of carbonyl (C=O) groups is 7. The number of likely N-dealkylation sites (N-methyl/N-ethyl adjacent to an activating group) is 5. The SMILES string of the molecule is CCN1C(=O)/C(=C\c2ccc(N(C)C)cc2)N(C)C1=O.CCN1C(=O)/C(=C\c2ccc(OC)cc2OC)OC1=Nc1ccccc1.CCN1C(=O)S/C(=C/c2ccc(N(C)C)cc2)C1=O.CCN1C(=O)S/C(=C/c2cnc3ccccc3c2)C1=O. The van der Waals surface area contributed by atoms with E-state index in [1.54, 1.807) is 84.7 Å². The highest BCUT2D eigenvalue weighted by atomic mass is 32.2. The zero-order valence-corrected chi connectivity index (χ0v) is 50.9. The van der Waals surface area contributed by atoms with E-state index in [0.717, 1.165) is 68.2 Å². The monoisotopic (exact) mass is 1190 g/mol. The molecule has 10 rings (SSSR count). The summed E-state index contributed by atoms with van der Waals surface area (Å²) in [5, 5.41) is 0.608. The molecule has 6 aromatic rings. The molecule has 4 fully saturated rings. The van der Waals surface area contributed by atoms with Crippen LogP contribution in [0.5, 0.6) is 11.5 Å². The van der Waals surface area contributed by atoms with Gasteiger partial charge in [-0.05, 0) is 153 Å². The van der Waals surface area contributed by atoms with Crippen LogP contribution in [0, 0.1) is 0 Å². The molecule has 4 aliphatic rings. The molecule has 0 radical (unpaired) electrons. The number of urea groups is 1. The van der Waals surface area contributed by atoms with Crippen molar-refractivity contribution in [1.29, 1.82) is 0 Å². The number of aliphatic imine (C=N–C) groups is 1. The van der Waals surface area contributed by atoms with Crippen molar-refractivity contribution in [3.8, 4) is 11.5 Å². The summed E-state index contributed by atoms with van der Waals surface area (Å²) in [6.07, 6.45) is 8.59. The molecule has 21 heteroatoms. The molecule has 5 heterocycles. The predicted octanol–water partition coefficient (Wildman–Crippen LogP) is 11.7. The maximum Gasteiger partial charge on any atom is 0.331 e. The summed E-state index contributed by atoms with van der Waals surface area (Å²) in [6, 6.07) is 40.1. The molecule has 1 aromatic heterocycles. The average molecular weight is 1190 g/mol. The Morgan fingerprint density at radius 2 is 1.08 bits per heavy atom. The molecule has 4 aliphatic heterocycles. The van der Waals surface area contributed by atoms with E-state index in [2.05, 4.69) is 9.98 Å². The Hall–Kier alpha value is -9.47. The zero-order valence-electron chi connectivity index (χ0n) is 49.3. The van der Waals surface area contributed by atoms with Crippen molar-refractivity contribution < 1.29 is 47.8 Å². The maximum atomic E-state index is 12.7. The van der Waals surface area contributed by atoms with Gasteiger partial charge in [0.25, 0.3) is 34.1 Å². The first kappa shape index (κ1) is 63.1. The number of pyridine rings is 1. The fraction of sp³-hybridized carbons (Fsp3) is 0.234. The number of thioether (sulfide) groups is 2. The van der Waals surface area contributed by atoms with Crippen LogP contribution in [0.4, 0.5) is 31.4 Å². The summed E-state index contributed by atoms with van der Waals surface area (Å²) in [5.41, 5.74) is 7.59. The van der Waals surface area contributed by atoms with E-state index in [0.29, 0.717) is 58.7 Å². The number of anilines is 2. The molecule has 0 spiro atoms. The molecule has 0 N–H and O–H groups in total. The minimum Gasteiger partial charge on any atom is -0.497 e. The van der Waals surface area contributed by atoms with Crippen LogP contribution in [-0.2, 0) is 23.9 Å². The second-order valence-electron chi connectivity index (χ2n) is 19.2. The number of fused-ring (bicyclic) bond motifs is 1. The zero-order chi connectivity index (χ0) is 61.5. The Morgan fingerprint density at radius 1 is 0.553 bits per heavy atom. The van der Waals surface area contributed by atoms with Crippen LogP contribution in [0.3, 0.4) is 0 Å². The number of hydrogen-bond acceptors (Lipinski definition) is 16. The fourth-order valence-corrected chi connectivity index (χ4v) is 10.4. The highest BCUT2D eigenvalue weighted by Crippen LogP contribution is 2.34. The fourth-order valence-electron chi connectivity index (χ4n) is 8.56. The van der Waals surface area contributed by atoms with Crippen molar-refractivity contribution in [3.63, 3.8) is 0 Å². The number of ether oxygens (including phenoxy) is 3. The number of para-hydroxylation sites is 2. The lowest BCUT2D eigenvalue weighted by Gasteiger charge is -2.12. The van der Waals surface area contributed by atoms with Crippen LogP contribution >= 0.6 is 23.5 Å². The van der Waals surface area contributed by atoms with E-state index in [4.69, 9.17) is 14.2 Å². The molecule has 0 saturated carbocycles. The molecule has 4 saturated heterocycles. The van der Waals surface area contributed by atoms with E-state index in [-0.39, 0.29) is 51.9 Å². The van der Waals surface area contributed by atoms with E-state index in [1.165, 1.54) is 24.5 Å². The smallest absolute Gasteiger partial charge is 0.331 e. The maximum absolute atomic E-state index is 12.7. The van der Waals surface area contributed by atoms with E-state index >= 15 is 0 Å². The first-order valence-electron chi connectivity index (χ1n) is 27.1. The van der Waals surface area contributed by atoms with Crippen molar-refractivity contribution in [1.82, 2.24) is 29.5 Å². The van der Waals surface area contributed by atoms with Crippen molar-refractivity contribution in [3.05, 3.63) is 177 Å². The quantitative estimate of drug-likeness (QED) is 0.0782. The number of hydrogen-bond donors (Lipinski definition) is 0. The molecular weight excluding hydrogens is 1120 g/mol. The summed E-state index contributed by atoms with van der Waals surface area (Å²) in [6.45, 7) is 8.92. The van der Waals surface area contributed by atoms with Gasteiger partial charge in [-0.1, -0.05) is 60.7 Å². The van der Waals surface area contributed by atoms with Gasteiger partial charge in [0.15, 0.2) is 5.76 Å². The van der Waals surface area contributed by atoms with Gasteiger partial charge in [0.1, 0.15) is 17.2 Å². The van der Waals surface area contributed by atoms with Crippen molar-refractivity contribution >= 4 is 122 Å². The van der Waals surface area contributed by atoms with Crippen LogP contribution in [0.1, 0.15) is 49.9 Å². The van der Waals surface area contributed by atoms with Gasteiger partial charge < -0.3 is 24.0 Å². The van der Waals surface area contributed by atoms with E-state index < -0.39 is 0 Å². The molecule has 19 nitrogen and oxygen atoms in total. The summed E-state index contributed by atoms with van der Waals surface area (Å²) in [5.74, 6) is 0.556. The van der Waals surface area contributed by atoms with Crippen LogP contribution in [0.25, 0.3) is 35.2 Å². The molecular formula is C64H67N9O10S2. The van der Waals surface area contributed by atoms with Gasteiger partial charge in [-0.2, -0.15) is 4.99 Å². The van der Waals surface area contributed by atoms with E-state index in [1.807, 2.05) is 160 Å². The second kappa shape index (κ2) is 29.2. The number of methoxy groups -OCH3 is 2. The summed E-state index contributed by atoms with van der Waals surface area (Å²) < 4.78 is 16.3. The average Bonchev–Trinajstić information content (AvgIpc) is 3.61. The Balaban J connectivity index is 0.000000164. The third kappa shape index (κ3) is 15.4. The highest BCUT2D eigenvalue weighted by molar-refractivity contribution is 8.18. The van der Waals surface area contributed by atoms with Gasteiger partial charge >= 0.3 is 12.1 Å². The Morgan fingerprint density at radius 3 is 1.59 bits per heavy atom. The molecule has 0 bridgehead atoms. The van der Waals surface area contributed by atoms with Gasteiger partial charge in [0.05, 0.1) is 35.2 Å². The van der Waals surface area contributed by atoms with Crippen molar-refractivity contribution in [2.24, 2.45) is 4.99 Å². The second-order valence-corrected chi connectivity index (χ2v) is 21.2. The van der Waals surface area contributed by atoms with Gasteiger partial charge in [0, 0.05) is 96.0 Å².